The van der Waals surface area contributed by atoms with Gasteiger partial charge in [-0.2, -0.15) is 13.2 Å². The molecule has 2 rings (SSSR count). The summed E-state index contributed by atoms with van der Waals surface area (Å²) in [5, 5.41) is 0. The summed E-state index contributed by atoms with van der Waals surface area (Å²) in [6, 6.07) is 4.23. The van der Waals surface area contributed by atoms with Gasteiger partial charge in [0.15, 0.2) is 5.78 Å². The average Bonchev–Trinajstić information content (AvgIpc) is 3.04. The van der Waals surface area contributed by atoms with E-state index in [1.807, 2.05) is 6.92 Å². The largest absolute Gasteiger partial charge is 0.416 e. The molecule has 6 heteroatoms. The van der Waals surface area contributed by atoms with E-state index < -0.39 is 23.3 Å². The summed E-state index contributed by atoms with van der Waals surface area (Å²) >= 11 is 1.75. The van der Waals surface area contributed by atoms with Crippen LogP contribution in [0.3, 0.4) is 0 Å². The van der Waals surface area contributed by atoms with Gasteiger partial charge in [0.1, 0.15) is 5.82 Å². The summed E-state index contributed by atoms with van der Waals surface area (Å²) in [5.74, 6) is -1.42. The third-order valence-corrected chi connectivity index (χ3v) is 6.95. The molecule has 1 heterocycles. The maximum atomic E-state index is 13.7. The zero-order valence-electron chi connectivity index (χ0n) is 18.7. The van der Waals surface area contributed by atoms with Crippen molar-refractivity contribution in [3.05, 3.63) is 62.6 Å². The van der Waals surface area contributed by atoms with Crippen LogP contribution in [0.1, 0.15) is 77.7 Å². The van der Waals surface area contributed by atoms with Crippen LogP contribution < -0.4 is 0 Å². The molecule has 0 amide bonds. The standard InChI is InChI=1S/C25H30F4OS/c1-6-17(10-19(8-3)24-15(4)9-16(5)31-24)18(7-2)13-23(30)20-11-21(25(27,28)29)14-22(26)12-20/h9-12,14,17-18H,6-8,13H2,1-5H3. The summed E-state index contributed by atoms with van der Waals surface area (Å²) in [6.45, 7) is 10.3. The minimum Gasteiger partial charge on any atom is -0.294 e. The van der Waals surface area contributed by atoms with E-state index in [0.717, 1.165) is 25.0 Å². The Morgan fingerprint density at radius 3 is 2.23 bits per heavy atom. The lowest BCUT2D eigenvalue weighted by atomic mass is 9.81. The van der Waals surface area contributed by atoms with Crippen LogP contribution in [-0.4, -0.2) is 5.78 Å². The van der Waals surface area contributed by atoms with Gasteiger partial charge in [-0.1, -0.05) is 33.3 Å². The van der Waals surface area contributed by atoms with Crippen molar-refractivity contribution in [2.45, 2.75) is 66.5 Å². The Kier molecular flexibility index (Phi) is 8.64. The van der Waals surface area contributed by atoms with Crippen molar-refractivity contribution in [1.29, 1.82) is 0 Å². The second-order valence-electron chi connectivity index (χ2n) is 8.01. The molecular weight excluding hydrogens is 424 g/mol. The molecule has 1 nitrogen and oxygen atoms in total. The van der Waals surface area contributed by atoms with E-state index in [0.29, 0.717) is 12.5 Å². The van der Waals surface area contributed by atoms with Crippen LogP contribution in [0.2, 0.25) is 0 Å². The predicted molar refractivity (Wildman–Crippen MR) is 120 cm³/mol. The van der Waals surface area contributed by atoms with Crippen LogP contribution in [0.25, 0.3) is 5.57 Å². The number of alkyl halides is 3. The van der Waals surface area contributed by atoms with Crippen molar-refractivity contribution in [3.63, 3.8) is 0 Å². The molecular formula is C25H30F4OS. The predicted octanol–water partition coefficient (Wildman–Crippen LogP) is 8.64. The number of hydrogen-bond acceptors (Lipinski definition) is 2. The van der Waals surface area contributed by atoms with E-state index in [2.05, 4.69) is 39.8 Å². The van der Waals surface area contributed by atoms with Crippen LogP contribution in [0.15, 0.2) is 30.3 Å². The quantitative estimate of drug-likeness (QED) is 0.274. The number of Topliss-reactive ketones (excluding diaryl/α,β-unsaturated/α-hetero) is 1. The summed E-state index contributed by atoms with van der Waals surface area (Å²) in [5.41, 5.74) is 1.12. The highest BCUT2D eigenvalue weighted by atomic mass is 32.1. The lowest BCUT2D eigenvalue weighted by molar-refractivity contribution is -0.137. The fourth-order valence-electron chi connectivity index (χ4n) is 4.03. The van der Waals surface area contributed by atoms with Gasteiger partial charge in [-0.05, 0) is 73.9 Å². The molecule has 0 saturated heterocycles. The van der Waals surface area contributed by atoms with Gasteiger partial charge in [0.2, 0.25) is 0 Å². The normalized spacial score (nSPS) is 14.5. The first-order chi connectivity index (χ1) is 14.5. The molecule has 0 bridgehead atoms. The Balaban J connectivity index is 2.30. The first kappa shape index (κ1) is 25.3. The number of hydrogen-bond donors (Lipinski definition) is 0. The molecule has 0 aliphatic rings. The molecule has 2 atom stereocenters. The maximum Gasteiger partial charge on any atom is 0.416 e. The number of benzene rings is 1. The summed E-state index contributed by atoms with van der Waals surface area (Å²) in [4.78, 5) is 15.3. The SMILES string of the molecule is CCC(=CC(CC)C(CC)CC(=O)c1cc(F)cc(C(F)(F)F)c1)c1sc(C)cc1C. The van der Waals surface area contributed by atoms with E-state index in [4.69, 9.17) is 0 Å². The van der Waals surface area contributed by atoms with Crippen LogP contribution >= 0.6 is 11.3 Å². The summed E-state index contributed by atoms with van der Waals surface area (Å²) in [6.07, 6.45) is 0.0125. The van der Waals surface area contributed by atoms with Crippen LogP contribution in [0, 0.1) is 31.5 Å². The van der Waals surface area contributed by atoms with Gasteiger partial charge in [0.25, 0.3) is 0 Å². The van der Waals surface area contributed by atoms with Crippen LogP contribution in [0.4, 0.5) is 17.6 Å². The van der Waals surface area contributed by atoms with Gasteiger partial charge in [-0.3, -0.25) is 4.79 Å². The Bertz CT molecular complexity index is 939. The van der Waals surface area contributed by atoms with Crippen molar-refractivity contribution in [3.8, 4) is 0 Å². The first-order valence-corrected chi connectivity index (χ1v) is 11.5. The van der Waals surface area contributed by atoms with E-state index in [9.17, 15) is 22.4 Å². The molecule has 0 spiro atoms. The van der Waals surface area contributed by atoms with E-state index in [1.54, 1.807) is 11.3 Å². The number of allylic oxidation sites excluding steroid dienone is 2. The van der Waals surface area contributed by atoms with Crippen LogP contribution in [0.5, 0.6) is 0 Å². The third-order valence-electron chi connectivity index (χ3n) is 5.72. The van der Waals surface area contributed by atoms with E-state index >= 15 is 0 Å². The molecule has 2 unspecified atom stereocenters. The molecule has 2 aromatic rings. The number of thiophene rings is 1. The molecule has 0 fully saturated rings. The molecule has 170 valence electrons. The van der Waals surface area contributed by atoms with Gasteiger partial charge in [0.05, 0.1) is 5.56 Å². The molecule has 0 aliphatic heterocycles. The summed E-state index contributed by atoms with van der Waals surface area (Å²) in [7, 11) is 0. The lowest BCUT2D eigenvalue weighted by Crippen LogP contribution is -2.17. The smallest absolute Gasteiger partial charge is 0.294 e. The molecule has 31 heavy (non-hydrogen) atoms. The van der Waals surface area contributed by atoms with E-state index in [1.165, 1.54) is 20.9 Å². The minimum absolute atomic E-state index is 0.0296. The second kappa shape index (κ2) is 10.6. The zero-order chi connectivity index (χ0) is 23.3. The van der Waals surface area contributed by atoms with Gasteiger partial charge in [-0.25, -0.2) is 4.39 Å². The van der Waals surface area contributed by atoms with Crippen molar-refractivity contribution < 1.29 is 22.4 Å². The van der Waals surface area contributed by atoms with Crippen molar-refractivity contribution >= 4 is 22.7 Å². The van der Waals surface area contributed by atoms with E-state index in [-0.39, 0.29) is 23.8 Å². The highest BCUT2D eigenvalue weighted by molar-refractivity contribution is 7.13. The number of carbonyl (C=O) groups is 1. The highest BCUT2D eigenvalue weighted by Crippen LogP contribution is 2.35. The van der Waals surface area contributed by atoms with Gasteiger partial charge in [0, 0.05) is 21.7 Å². The minimum atomic E-state index is -4.69. The zero-order valence-corrected chi connectivity index (χ0v) is 19.5. The second-order valence-corrected chi connectivity index (χ2v) is 9.27. The Hall–Kier alpha value is -1.95. The number of halogens is 4. The highest BCUT2D eigenvalue weighted by Gasteiger charge is 2.32. The fourth-order valence-corrected chi connectivity index (χ4v) is 5.15. The molecule has 1 aromatic heterocycles. The van der Waals surface area contributed by atoms with Crippen molar-refractivity contribution in [1.82, 2.24) is 0 Å². The Morgan fingerprint density at radius 2 is 1.74 bits per heavy atom. The van der Waals surface area contributed by atoms with Crippen molar-refractivity contribution in [2.24, 2.45) is 11.8 Å². The average molecular weight is 455 g/mol. The number of rotatable bonds is 9. The molecule has 0 saturated carbocycles. The topological polar surface area (TPSA) is 17.1 Å². The maximum absolute atomic E-state index is 13.7. The third kappa shape index (κ3) is 6.52. The summed E-state index contributed by atoms with van der Waals surface area (Å²) < 4.78 is 52.8. The van der Waals surface area contributed by atoms with Gasteiger partial charge in [-0.15, -0.1) is 11.3 Å². The van der Waals surface area contributed by atoms with Crippen molar-refractivity contribution in [2.75, 3.05) is 0 Å². The van der Waals surface area contributed by atoms with Crippen LogP contribution in [-0.2, 0) is 6.18 Å². The number of ketones is 1. The lowest BCUT2D eigenvalue weighted by Gasteiger charge is -2.23. The number of carbonyl (C=O) groups excluding carboxylic acids is 1. The molecule has 0 aliphatic carbocycles. The molecule has 1 aromatic carbocycles. The monoisotopic (exact) mass is 454 g/mol. The number of aryl methyl sites for hydroxylation is 2. The first-order valence-electron chi connectivity index (χ1n) is 10.7. The molecule has 0 radical (unpaired) electrons. The molecule has 0 N–H and O–H groups in total. The van der Waals surface area contributed by atoms with Gasteiger partial charge < -0.3 is 0 Å². The fraction of sp³-hybridized carbons (Fsp3) is 0.480. The Morgan fingerprint density at radius 1 is 1.06 bits per heavy atom. The van der Waals surface area contributed by atoms with Gasteiger partial charge >= 0.3 is 6.18 Å². The Labute approximate surface area is 186 Å².